The second-order valence-electron chi connectivity index (χ2n) is 6.12. The molecule has 0 radical (unpaired) electrons. The second kappa shape index (κ2) is 6.70. The van der Waals surface area contributed by atoms with Crippen molar-refractivity contribution in [3.8, 4) is 0 Å². The van der Waals surface area contributed by atoms with Gasteiger partial charge in [0, 0.05) is 25.2 Å². The van der Waals surface area contributed by atoms with Crippen LogP contribution >= 0.6 is 0 Å². The summed E-state index contributed by atoms with van der Waals surface area (Å²) in [5, 5.41) is 7.48. The Labute approximate surface area is 122 Å². The second-order valence-corrected chi connectivity index (χ2v) is 6.12. The standard InChI is InChI=1S/C17H27N3/c1-2-20-11-5-7-15(13-20)19-17-9-10-18-12-14-6-3-4-8-16(14)17/h3-4,6,8,15,17-19H,2,5,7,9-13H2,1H3. The molecule has 1 aromatic rings. The lowest BCUT2D eigenvalue weighted by molar-refractivity contribution is 0.189. The van der Waals surface area contributed by atoms with Crippen molar-refractivity contribution in [2.24, 2.45) is 0 Å². The molecule has 110 valence electrons. The molecule has 0 amide bonds. The number of likely N-dealkylation sites (N-methyl/N-ethyl adjacent to an activating group) is 1. The minimum absolute atomic E-state index is 0.517. The maximum absolute atomic E-state index is 3.94. The van der Waals surface area contributed by atoms with Crippen molar-refractivity contribution in [3.63, 3.8) is 0 Å². The first-order chi connectivity index (χ1) is 9.86. The number of hydrogen-bond donors (Lipinski definition) is 2. The molecule has 2 N–H and O–H groups in total. The lowest BCUT2D eigenvalue weighted by Crippen LogP contribution is -2.46. The van der Waals surface area contributed by atoms with E-state index in [-0.39, 0.29) is 0 Å². The fraction of sp³-hybridized carbons (Fsp3) is 0.647. The number of fused-ring (bicyclic) bond motifs is 1. The molecule has 0 spiro atoms. The lowest BCUT2D eigenvalue weighted by atomic mass is 9.97. The summed E-state index contributed by atoms with van der Waals surface area (Å²) in [5.41, 5.74) is 2.97. The molecule has 2 unspecified atom stereocenters. The van der Waals surface area contributed by atoms with Crippen LogP contribution in [-0.2, 0) is 6.54 Å². The average molecular weight is 273 g/mol. The van der Waals surface area contributed by atoms with Crippen molar-refractivity contribution >= 4 is 0 Å². The first-order valence-electron chi connectivity index (χ1n) is 8.13. The number of likely N-dealkylation sites (tertiary alicyclic amines) is 1. The van der Waals surface area contributed by atoms with E-state index in [1.54, 1.807) is 0 Å². The van der Waals surface area contributed by atoms with Crippen LogP contribution in [0, 0.1) is 0 Å². The maximum atomic E-state index is 3.94. The van der Waals surface area contributed by atoms with Crippen LogP contribution in [0.25, 0.3) is 0 Å². The third-order valence-electron chi connectivity index (χ3n) is 4.75. The highest BCUT2D eigenvalue weighted by atomic mass is 15.2. The van der Waals surface area contributed by atoms with Gasteiger partial charge >= 0.3 is 0 Å². The normalized spacial score (nSPS) is 27.9. The number of hydrogen-bond acceptors (Lipinski definition) is 3. The summed E-state index contributed by atoms with van der Waals surface area (Å²) in [6.45, 7) is 8.06. The van der Waals surface area contributed by atoms with E-state index < -0.39 is 0 Å². The van der Waals surface area contributed by atoms with Crippen molar-refractivity contribution in [1.82, 2.24) is 15.5 Å². The topological polar surface area (TPSA) is 27.3 Å². The molecule has 0 bridgehead atoms. The molecule has 2 heterocycles. The van der Waals surface area contributed by atoms with Gasteiger partial charge in [-0.1, -0.05) is 31.2 Å². The van der Waals surface area contributed by atoms with E-state index in [2.05, 4.69) is 46.7 Å². The quantitative estimate of drug-likeness (QED) is 0.885. The van der Waals surface area contributed by atoms with Crippen molar-refractivity contribution in [2.75, 3.05) is 26.2 Å². The van der Waals surface area contributed by atoms with Gasteiger partial charge in [-0.3, -0.25) is 0 Å². The minimum atomic E-state index is 0.517. The van der Waals surface area contributed by atoms with Gasteiger partial charge in [-0.05, 0) is 50.0 Å². The zero-order valence-corrected chi connectivity index (χ0v) is 12.6. The first kappa shape index (κ1) is 14.1. The van der Waals surface area contributed by atoms with Gasteiger partial charge in [0.1, 0.15) is 0 Å². The van der Waals surface area contributed by atoms with Crippen molar-refractivity contribution in [1.29, 1.82) is 0 Å². The smallest absolute Gasteiger partial charge is 0.0338 e. The summed E-state index contributed by atoms with van der Waals surface area (Å²) in [6.07, 6.45) is 3.85. The Morgan fingerprint density at radius 2 is 2.20 bits per heavy atom. The van der Waals surface area contributed by atoms with Crippen LogP contribution < -0.4 is 10.6 Å². The van der Waals surface area contributed by atoms with Crippen LogP contribution in [0.2, 0.25) is 0 Å². The highest BCUT2D eigenvalue weighted by Crippen LogP contribution is 2.25. The van der Waals surface area contributed by atoms with Gasteiger partial charge in [0.05, 0.1) is 0 Å². The van der Waals surface area contributed by atoms with Gasteiger partial charge in [0.2, 0.25) is 0 Å². The number of benzene rings is 1. The summed E-state index contributed by atoms with van der Waals surface area (Å²) in [6, 6.07) is 10.1. The summed E-state index contributed by atoms with van der Waals surface area (Å²) in [5.74, 6) is 0. The van der Waals surface area contributed by atoms with Gasteiger partial charge in [-0.15, -0.1) is 0 Å². The lowest BCUT2D eigenvalue weighted by Gasteiger charge is -2.35. The fourth-order valence-corrected chi connectivity index (χ4v) is 3.60. The molecular formula is C17H27N3. The minimum Gasteiger partial charge on any atom is -0.313 e. The maximum Gasteiger partial charge on any atom is 0.0338 e. The number of nitrogens with zero attached hydrogens (tertiary/aromatic N) is 1. The summed E-state index contributed by atoms with van der Waals surface area (Å²) < 4.78 is 0. The van der Waals surface area contributed by atoms with Crippen LogP contribution in [0.3, 0.4) is 0 Å². The van der Waals surface area contributed by atoms with Gasteiger partial charge < -0.3 is 15.5 Å². The predicted molar refractivity (Wildman–Crippen MR) is 83.8 cm³/mol. The Morgan fingerprint density at radius 1 is 1.30 bits per heavy atom. The average Bonchev–Trinajstić information content (AvgIpc) is 2.70. The number of nitrogens with one attached hydrogen (secondary N) is 2. The fourth-order valence-electron chi connectivity index (χ4n) is 3.60. The van der Waals surface area contributed by atoms with E-state index in [9.17, 15) is 0 Å². The zero-order chi connectivity index (χ0) is 13.8. The third-order valence-corrected chi connectivity index (χ3v) is 4.75. The van der Waals surface area contributed by atoms with E-state index in [1.807, 2.05) is 0 Å². The highest BCUT2D eigenvalue weighted by molar-refractivity contribution is 5.31. The molecule has 2 aliphatic heterocycles. The zero-order valence-electron chi connectivity index (χ0n) is 12.6. The SMILES string of the molecule is CCN1CCCC(NC2CCNCc3ccccc32)C1. The summed E-state index contributed by atoms with van der Waals surface area (Å²) >= 11 is 0. The van der Waals surface area contributed by atoms with Crippen molar-refractivity contribution in [3.05, 3.63) is 35.4 Å². The third kappa shape index (κ3) is 3.22. The van der Waals surface area contributed by atoms with E-state index in [0.29, 0.717) is 12.1 Å². The van der Waals surface area contributed by atoms with Crippen LogP contribution in [0.15, 0.2) is 24.3 Å². The van der Waals surface area contributed by atoms with Crippen LogP contribution in [0.1, 0.15) is 43.4 Å². The Kier molecular flexibility index (Phi) is 4.71. The van der Waals surface area contributed by atoms with E-state index in [4.69, 9.17) is 0 Å². The molecule has 1 aromatic carbocycles. The van der Waals surface area contributed by atoms with Crippen LogP contribution in [0.4, 0.5) is 0 Å². The Bertz CT molecular complexity index is 432. The van der Waals surface area contributed by atoms with Crippen molar-refractivity contribution in [2.45, 2.75) is 44.8 Å². The monoisotopic (exact) mass is 273 g/mol. The molecule has 0 aromatic heterocycles. The first-order valence-corrected chi connectivity index (χ1v) is 8.13. The summed E-state index contributed by atoms with van der Waals surface area (Å²) in [4.78, 5) is 2.57. The van der Waals surface area contributed by atoms with E-state index >= 15 is 0 Å². The van der Waals surface area contributed by atoms with Gasteiger partial charge in [0.15, 0.2) is 0 Å². The molecule has 20 heavy (non-hydrogen) atoms. The van der Waals surface area contributed by atoms with Gasteiger partial charge in [0.25, 0.3) is 0 Å². The van der Waals surface area contributed by atoms with Crippen LogP contribution in [0.5, 0.6) is 0 Å². The Balaban J connectivity index is 1.70. The molecule has 1 saturated heterocycles. The van der Waals surface area contributed by atoms with Gasteiger partial charge in [-0.2, -0.15) is 0 Å². The molecule has 3 heteroatoms. The Morgan fingerprint density at radius 3 is 3.10 bits per heavy atom. The molecule has 0 aliphatic carbocycles. The molecule has 3 rings (SSSR count). The molecule has 1 fully saturated rings. The number of rotatable bonds is 3. The number of piperidine rings is 1. The van der Waals surface area contributed by atoms with E-state index in [1.165, 1.54) is 50.0 Å². The van der Waals surface area contributed by atoms with E-state index in [0.717, 1.165) is 13.1 Å². The Hall–Kier alpha value is -0.900. The van der Waals surface area contributed by atoms with Crippen LogP contribution in [-0.4, -0.2) is 37.1 Å². The molecule has 0 saturated carbocycles. The predicted octanol–water partition coefficient (Wildman–Crippen LogP) is 2.29. The molecular weight excluding hydrogens is 246 g/mol. The molecule has 2 aliphatic rings. The van der Waals surface area contributed by atoms with Crippen molar-refractivity contribution < 1.29 is 0 Å². The van der Waals surface area contributed by atoms with Gasteiger partial charge in [-0.25, -0.2) is 0 Å². The largest absolute Gasteiger partial charge is 0.313 e. The molecule has 2 atom stereocenters. The summed E-state index contributed by atoms with van der Waals surface area (Å²) in [7, 11) is 0. The molecule has 3 nitrogen and oxygen atoms in total. The highest BCUT2D eigenvalue weighted by Gasteiger charge is 2.24.